The highest BCUT2D eigenvalue weighted by Gasteiger charge is 2.16. The number of carbonyl (C=O) groups excluding carboxylic acids is 1. The molecule has 1 rings (SSSR count). The number of halogens is 2. The minimum Gasteiger partial charge on any atom is -0.471 e. The van der Waals surface area contributed by atoms with Crippen LogP contribution in [0.2, 0.25) is 0 Å². The van der Waals surface area contributed by atoms with Crippen molar-refractivity contribution in [1.82, 2.24) is 0 Å². The molecule has 1 aromatic rings. The monoisotopic (exact) mass is 297 g/mol. The number of nitrogens with zero attached hydrogens (tertiary/aromatic N) is 1. The van der Waals surface area contributed by atoms with Crippen LogP contribution in [-0.2, 0) is 9.53 Å². The van der Waals surface area contributed by atoms with E-state index < -0.39 is 5.97 Å². The lowest BCUT2D eigenvalue weighted by Gasteiger charge is -2.04. The summed E-state index contributed by atoms with van der Waals surface area (Å²) >= 11 is 3.15. The largest absolute Gasteiger partial charge is 0.471 e. The Labute approximate surface area is 107 Å². The summed E-state index contributed by atoms with van der Waals surface area (Å²) in [7, 11) is 0. The SMILES string of the molecule is [C-]#[N+]C(C(=O)OCC)=C(Br)c1ccc(F)cc1. The molecule has 0 aromatic heterocycles. The van der Waals surface area contributed by atoms with Gasteiger partial charge in [0.25, 0.3) is 5.70 Å². The van der Waals surface area contributed by atoms with Gasteiger partial charge in [0, 0.05) is 4.48 Å². The van der Waals surface area contributed by atoms with Crippen molar-refractivity contribution in [3.8, 4) is 0 Å². The summed E-state index contributed by atoms with van der Waals surface area (Å²) in [4.78, 5) is 14.6. The van der Waals surface area contributed by atoms with Crippen LogP contribution in [0.1, 0.15) is 12.5 Å². The Bertz CT molecular complexity index is 488. The van der Waals surface area contributed by atoms with Crippen LogP contribution in [0.25, 0.3) is 9.33 Å². The smallest absolute Gasteiger partial charge is 0.337 e. The van der Waals surface area contributed by atoms with E-state index in [1.54, 1.807) is 6.92 Å². The summed E-state index contributed by atoms with van der Waals surface area (Å²) in [6.07, 6.45) is 0. The Morgan fingerprint density at radius 3 is 2.53 bits per heavy atom. The first-order valence-electron chi connectivity index (χ1n) is 4.80. The van der Waals surface area contributed by atoms with Crippen molar-refractivity contribution in [2.45, 2.75) is 6.92 Å². The van der Waals surface area contributed by atoms with E-state index in [0.717, 1.165) is 0 Å². The molecular weight excluding hydrogens is 289 g/mol. The van der Waals surface area contributed by atoms with Crippen LogP contribution >= 0.6 is 15.9 Å². The molecule has 0 heterocycles. The average molecular weight is 298 g/mol. The highest BCUT2D eigenvalue weighted by atomic mass is 79.9. The van der Waals surface area contributed by atoms with Crippen LogP contribution in [-0.4, -0.2) is 12.6 Å². The molecule has 0 atom stereocenters. The van der Waals surface area contributed by atoms with Gasteiger partial charge in [0.2, 0.25) is 0 Å². The molecule has 88 valence electrons. The first-order chi connectivity index (χ1) is 8.10. The second-order valence-corrected chi connectivity index (χ2v) is 3.79. The normalized spacial score (nSPS) is 11.4. The quantitative estimate of drug-likeness (QED) is 0.486. The average Bonchev–Trinajstić information content (AvgIpc) is 2.31. The first-order valence-corrected chi connectivity index (χ1v) is 5.59. The molecule has 0 aliphatic heterocycles. The Kier molecular flexibility index (Phi) is 4.85. The van der Waals surface area contributed by atoms with E-state index in [2.05, 4.69) is 20.8 Å². The van der Waals surface area contributed by atoms with Gasteiger partial charge in [-0.05, 0) is 24.6 Å². The number of hydrogen-bond acceptors (Lipinski definition) is 2. The van der Waals surface area contributed by atoms with Crippen molar-refractivity contribution in [1.29, 1.82) is 0 Å². The molecule has 0 unspecified atom stereocenters. The molecule has 0 saturated carbocycles. The molecule has 0 N–H and O–H groups in total. The minimum absolute atomic E-state index is 0.154. The first kappa shape index (κ1) is 13.4. The van der Waals surface area contributed by atoms with Gasteiger partial charge in [-0.15, -0.1) is 0 Å². The molecule has 0 radical (unpaired) electrons. The molecule has 0 aliphatic carbocycles. The van der Waals surface area contributed by atoms with Crippen LogP contribution in [0.4, 0.5) is 4.39 Å². The second-order valence-electron chi connectivity index (χ2n) is 3.00. The zero-order valence-electron chi connectivity index (χ0n) is 9.04. The molecule has 17 heavy (non-hydrogen) atoms. The lowest BCUT2D eigenvalue weighted by Crippen LogP contribution is -2.06. The Balaban J connectivity index is 3.13. The van der Waals surface area contributed by atoms with Crippen molar-refractivity contribution >= 4 is 26.4 Å². The van der Waals surface area contributed by atoms with E-state index in [0.29, 0.717) is 10.0 Å². The van der Waals surface area contributed by atoms with Gasteiger partial charge in [-0.25, -0.2) is 9.24 Å². The summed E-state index contributed by atoms with van der Waals surface area (Å²) in [6, 6.07) is 5.46. The number of hydrogen-bond donors (Lipinski definition) is 0. The van der Waals surface area contributed by atoms with Crippen molar-refractivity contribution in [3.05, 3.63) is 52.8 Å². The zero-order chi connectivity index (χ0) is 12.8. The number of rotatable bonds is 3. The number of esters is 1. The predicted octanol–water partition coefficient (Wildman–Crippen LogP) is 3.37. The Morgan fingerprint density at radius 2 is 2.06 bits per heavy atom. The molecule has 0 aliphatic rings. The van der Waals surface area contributed by atoms with Gasteiger partial charge >= 0.3 is 5.97 Å². The van der Waals surface area contributed by atoms with Gasteiger partial charge in [0.15, 0.2) is 0 Å². The summed E-state index contributed by atoms with van der Waals surface area (Å²) < 4.78 is 17.8. The number of ether oxygens (including phenoxy) is 1. The summed E-state index contributed by atoms with van der Waals surface area (Å²) in [5.74, 6) is -1.08. The molecule has 0 fully saturated rings. The molecule has 0 saturated heterocycles. The van der Waals surface area contributed by atoms with Gasteiger partial charge in [-0.2, -0.15) is 0 Å². The third kappa shape index (κ3) is 3.40. The number of carbonyl (C=O) groups is 1. The van der Waals surface area contributed by atoms with Gasteiger partial charge in [-0.3, -0.25) is 4.79 Å². The Hall–Kier alpha value is -1.67. The van der Waals surface area contributed by atoms with E-state index in [4.69, 9.17) is 11.3 Å². The van der Waals surface area contributed by atoms with E-state index in [9.17, 15) is 9.18 Å². The summed E-state index contributed by atoms with van der Waals surface area (Å²) in [6.45, 7) is 8.81. The maximum absolute atomic E-state index is 12.7. The molecule has 0 amide bonds. The van der Waals surface area contributed by atoms with E-state index in [1.165, 1.54) is 24.3 Å². The van der Waals surface area contributed by atoms with Crippen LogP contribution in [0, 0.1) is 12.4 Å². The fourth-order valence-corrected chi connectivity index (χ4v) is 1.63. The summed E-state index contributed by atoms with van der Waals surface area (Å²) in [5, 5.41) is 0. The van der Waals surface area contributed by atoms with E-state index >= 15 is 0 Å². The molecule has 0 bridgehead atoms. The van der Waals surface area contributed by atoms with Crippen LogP contribution in [0.15, 0.2) is 30.0 Å². The molecular formula is C12H9BrFNO2. The standard InChI is InChI=1S/C12H9BrFNO2/c1-3-17-12(16)11(15-2)10(13)8-4-6-9(14)7-5-8/h4-7H,3H2,1H3. The fraction of sp³-hybridized carbons (Fsp3) is 0.167. The summed E-state index contributed by atoms with van der Waals surface area (Å²) in [5.41, 5.74) is 0.393. The van der Waals surface area contributed by atoms with Gasteiger partial charge < -0.3 is 4.74 Å². The highest BCUT2D eigenvalue weighted by Crippen LogP contribution is 2.26. The topological polar surface area (TPSA) is 30.7 Å². The van der Waals surface area contributed by atoms with Crippen molar-refractivity contribution in [2.24, 2.45) is 0 Å². The van der Waals surface area contributed by atoms with Crippen LogP contribution in [0.3, 0.4) is 0 Å². The Morgan fingerprint density at radius 1 is 1.47 bits per heavy atom. The second kappa shape index (κ2) is 6.16. The van der Waals surface area contributed by atoms with Gasteiger partial charge in [0.05, 0.1) is 13.2 Å². The van der Waals surface area contributed by atoms with Gasteiger partial charge in [0.1, 0.15) is 5.82 Å². The van der Waals surface area contributed by atoms with Gasteiger partial charge in [-0.1, -0.05) is 28.1 Å². The maximum Gasteiger partial charge on any atom is 0.337 e. The minimum atomic E-state index is -0.696. The predicted molar refractivity (Wildman–Crippen MR) is 65.5 cm³/mol. The zero-order valence-corrected chi connectivity index (χ0v) is 10.6. The lowest BCUT2D eigenvalue weighted by molar-refractivity contribution is -0.138. The third-order valence-electron chi connectivity index (χ3n) is 1.89. The molecule has 0 spiro atoms. The third-order valence-corrected chi connectivity index (χ3v) is 2.72. The molecule has 1 aromatic carbocycles. The van der Waals surface area contributed by atoms with Crippen molar-refractivity contribution in [3.63, 3.8) is 0 Å². The molecule has 5 heteroatoms. The molecule has 3 nitrogen and oxygen atoms in total. The van der Waals surface area contributed by atoms with Crippen molar-refractivity contribution < 1.29 is 13.9 Å². The lowest BCUT2D eigenvalue weighted by atomic mass is 10.2. The van der Waals surface area contributed by atoms with E-state index in [1.807, 2.05) is 0 Å². The van der Waals surface area contributed by atoms with Crippen LogP contribution < -0.4 is 0 Å². The van der Waals surface area contributed by atoms with Crippen LogP contribution in [0.5, 0.6) is 0 Å². The van der Waals surface area contributed by atoms with Crippen molar-refractivity contribution in [2.75, 3.05) is 6.61 Å². The fourth-order valence-electron chi connectivity index (χ4n) is 1.12. The maximum atomic E-state index is 12.7. The number of benzene rings is 1. The van der Waals surface area contributed by atoms with E-state index in [-0.39, 0.29) is 18.1 Å². The highest BCUT2D eigenvalue weighted by molar-refractivity contribution is 9.15.